The van der Waals surface area contributed by atoms with E-state index >= 15 is 0 Å². The molecule has 0 fully saturated rings. The van der Waals surface area contributed by atoms with E-state index in [2.05, 4.69) is 44.2 Å². The largest absolute Gasteiger partial charge is 0.422 e. The summed E-state index contributed by atoms with van der Waals surface area (Å²) >= 11 is 1.56. The Morgan fingerprint density at radius 3 is 1.94 bits per heavy atom. The van der Waals surface area contributed by atoms with Crippen LogP contribution in [0.3, 0.4) is 0 Å². The quantitative estimate of drug-likeness (QED) is 0.148. The molecule has 0 bridgehead atoms. The Labute approximate surface area is 197 Å². The molecule has 0 amide bonds. The Kier molecular flexibility index (Phi) is 10.0. The normalized spacial score (nSPS) is 10.9. The summed E-state index contributed by atoms with van der Waals surface area (Å²) in [7, 11) is 0. The maximum absolute atomic E-state index is 12.5. The standard InChI is InChI=1S/C29H36O2S/c1-3-5-6-7-8-9-10-11-12-27-21-22-28(32-27)29(30)31-26-19-17-25(18-20-26)24-15-13-23(4-2)14-16-24/h13-22H,3-12H2,1-2H3. The molecular formula is C29H36O2S. The number of ether oxygens (including phenoxy) is 1. The first-order valence-corrected chi connectivity index (χ1v) is 13.0. The van der Waals surface area contributed by atoms with E-state index in [9.17, 15) is 4.79 Å². The van der Waals surface area contributed by atoms with Crippen molar-refractivity contribution in [1.29, 1.82) is 0 Å². The van der Waals surface area contributed by atoms with E-state index in [0.717, 1.165) is 18.4 Å². The smallest absolute Gasteiger partial charge is 0.353 e. The minimum atomic E-state index is -0.266. The SMILES string of the molecule is CCCCCCCCCCc1ccc(C(=O)Oc2ccc(-c3ccc(CC)cc3)cc2)s1. The molecule has 0 N–H and O–H groups in total. The van der Waals surface area contributed by atoms with Gasteiger partial charge in [-0.25, -0.2) is 4.79 Å². The van der Waals surface area contributed by atoms with Crippen molar-refractivity contribution >= 4 is 17.3 Å². The lowest BCUT2D eigenvalue weighted by molar-refractivity contribution is 0.0740. The number of aryl methyl sites for hydroxylation is 2. The molecule has 3 aromatic rings. The number of hydrogen-bond acceptors (Lipinski definition) is 3. The molecule has 1 heterocycles. The minimum absolute atomic E-state index is 0.266. The zero-order valence-corrected chi connectivity index (χ0v) is 20.4. The molecular weight excluding hydrogens is 412 g/mol. The predicted molar refractivity (Wildman–Crippen MR) is 137 cm³/mol. The van der Waals surface area contributed by atoms with Crippen molar-refractivity contribution in [2.75, 3.05) is 0 Å². The van der Waals surface area contributed by atoms with Crippen LogP contribution >= 0.6 is 11.3 Å². The second-order valence-corrected chi connectivity index (χ2v) is 9.62. The zero-order chi connectivity index (χ0) is 22.6. The summed E-state index contributed by atoms with van der Waals surface area (Å²) < 4.78 is 5.60. The first-order valence-electron chi connectivity index (χ1n) is 12.2. The van der Waals surface area contributed by atoms with Crippen LogP contribution in [0, 0.1) is 0 Å². The maximum Gasteiger partial charge on any atom is 0.353 e. The van der Waals surface area contributed by atoms with Gasteiger partial charge in [0, 0.05) is 4.88 Å². The summed E-state index contributed by atoms with van der Waals surface area (Å²) in [5, 5.41) is 0. The third kappa shape index (κ3) is 7.63. The monoisotopic (exact) mass is 448 g/mol. The summed E-state index contributed by atoms with van der Waals surface area (Å²) in [6, 6.07) is 20.3. The molecule has 1 aromatic heterocycles. The molecule has 2 aromatic carbocycles. The summed E-state index contributed by atoms with van der Waals surface area (Å²) in [5.41, 5.74) is 3.62. The average molecular weight is 449 g/mol. The van der Waals surface area contributed by atoms with Gasteiger partial charge >= 0.3 is 5.97 Å². The number of carbonyl (C=O) groups is 1. The van der Waals surface area contributed by atoms with Gasteiger partial charge in [0.05, 0.1) is 0 Å². The van der Waals surface area contributed by atoms with E-state index < -0.39 is 0 Å². The lowest BCUT2D eigenvalue weighted by atomic mass is 10.0. The van der Waals surface area contributed by atoms with E-state index in [1.54, 1.807) is 11.3 Å². The average Bonchev–Trinajstić information content (AvgIpc) is 3.30. The highest BCUT2D eigenvalue weighted by atomic mass is 32.1. The molecule has 0 unspecified atom stereocenters. The van der Waals surface area contributed by atoms with Crippen LogP contribution in [0.2, 0.25) is 0 Å². The first-order chi connectivity index (χ1) is 15.7. The summed E-state index contributed by atoms with van der Waals surface area (Å²) in [6.45, 7) is 4.42. The van der Waals surface area contributed by atoms with Crippen molar-refractivity contribution < 1.29 is 9.53 Å². The van der Waals surface area contributed by atoms with Crippen LogP contribution in [0.1, 0.15) is 85.3 Å². The van der Waals surface area contributed by atoms with Crippen molar-refractivity contribution in [3.8, 4) is 16.9 Å². The van der Waals surface area contributed by atoms with Gasteiger partial charge in [0.2, 0.25) is 0 Å². The van der Waals surface area contributed by atoms with Gasteiger partial charge < -0.3 is 4.74 Å². The number of unbranched alkanes of at least 4 members (excludes halogenated alkanes) is 7. The van der Waals surface area contributed by atoms with E-state index in [1.165, 1.54) is 67.4 Å². The Bertz CT molecular complexity index is 938. The first kappa shape index (κ1) is 24.3. The highest BCUT2D eigenvalue weighted by molar-refractivity contribution is 7.13. The van der Waals surface area contributed by atoms with Crippen LogP contribution in [-0.2, 0) is 12.8 Å². The van der Waals surface area contributed by atoms with Crippen molar-refractivity contribution in [3.05, 3.63) is 76.0 Å². The van der Waals surface area contributed by atoms with Crippen LogP contribution in [0.25, 0.3) is 11.1 Å². The molecule has 3 rings (SSSR count). The van der Waals surface area contributed by atoms with Crippen LogP contribution in [0.15, 0.2) is 60.7 Å². The van der Waals surface area contributed by atoms with Crippen molar-refractivity contribution in [2.45, 2.75) is 78.1 Å². The molecule has 0 saturated carbocycles. The predicted octanol–water partition coefficient (Wildman–Crippen LogP) is 8.88. The van der Waals surface area contributed by atoms with Gasteiger partial charge in [-0.3, -0.25) is 0 Å². The van der Waals surface area contributed by atoms with Crippen molar-refractivity contribution in [2.24, 2.45) is 0 Å². The van der Waals surface area contributed by atoms with Crippen LogP contribution in [0.4, 0.5) is 0 Å². The van der Waals surface area contributed by atoms with E-state index in [4.69, 9.17) is 4.74 Å². The second kappa shape index (κ2) is 13.2. The van der Waals surface area contributed by atoms with Crippen LogP contribution in [0.5, 0.6) is 5.75 Å². The van der Waals surface area contributed by atoms with Crippen molar-refractivity contribution in [3.63, 3.8) is 0 Å². The molecule has 170 valence electrons. The van der Waals surface area contributed by atoms with Gasteiger partial charge in [0.15, 0.2) is 0 Å². The summed E-state index contributed by atoms with van der Waals surface area (Å²) in [6.07, 6.45) is 12.7. The van der Waals surface area contributed by atoms with Crippen LogP contribution in [-0.4, -0.2) is 5.97 Å². The minimum Gasteiger partial charge on any atom is -0.422 e. The Morgan fingerprint density at radius 2 is 1.31 bits per heavy atom. The van der Waals surface area contributed by atoms with Gasteiger partial charge in [-0.15, -0.1) is 11.3 Å². The molecule has 0 spiro atoms. The fourth-order valence-electron chi connectivity index (χ4n) is 3.86. The van der Waals surface area contributed by atoms with Gasteiger partial charge in [-0.2, -0.15) is 0 Å². The third-order valence-corrected chi connectivity index (χ3v) is 7.03. The van der Waals surface area contributed by atoms with Crippen molar-refractivity contribution in [1.82, 2.24) is 0 Å². The number of esters is 1. The van der Waals surface area contributed by atoms with Gasteiger partial charge in [-0.1, -0.05) is 95.2 Å². The molecule has 32 heavy (non-hydrogen) atoms. The summed E-state index contributed by atoms with van der Waals surface area (Å²) in [5.74, 6) is 0.319. The molecule has 0 aliphatic rings. The molecule has 0 aliphatic heterocycles. The molecule has 0 aliphatic carbocycles. The number of benzene rings is 2. The lowest BCUT2D eigenvalue weighted by Crippen LogP contribution is -2.06. The lowest BCUT2D eigenvalue weighted by Gasteiger charge is -2.06. The Hall–Kier alpha value is -2.39. The molecule has 2 nitrogen and oxygen atoms in total. The number of hydrogen-bond donors (Lipinski definition) is 0. The second-order valence-electron chi connectivity index (χ2n) is 8.46. The molecule has 0 radical (unpaired) electrons. The van der Waals surface area contributed by atoms with Gasteiger partial charge in [-0.05, 0) is 60.2 Å². The molecule has 3 heteroatoms. The highest BCUT2D eigenvalue weighted by Crippen LogP contribution is 2.25. The van der Waals surface area contributed by atoms with E-state index in [-0.39, 0.29) is 5.97 Å². The maximum atomic E-state index is 12.5. The zero-order valence-electron chi connectivity index (χ0n) is 19.6. The number of rotatable bonds is 13. The topological polar surface area (TPSA) is 26.3 Å². The fraction of sp³-hybridized carbons (Fsp3) is 0.414. The van der Waals surface area contributed by atoms with Gasteiger partial charge in [0.25, 0.3) is 0 Å². The Balaban J connectivity index is 1.43. The molecule has 0 saturated heterocycles. The van der Waals surface area contributed by atoms with E-state index in [1.807, 2.05) is 30.3 Å². The summed E-state index contributed by atoms with van der Waals surface area (Å²) in [4.78, 5) is 14.5. The fourth-order valence-corrected chi connectivity index (χ4v) is 4.79. The number of thiophene rings is 1. The van der Waals surface area contributed by atoms with E-state index in [0.29, 0.717) is 10.6 Å². The van der Waals surface area contributed by atoms with Gasteiger partial charge in [0.1, 0.15) is 10.6 Å². The highest BCUT2D eigenvalue weighted by Gasteiger charge is 2.12. The molecule has 0 atom stereocenters. The Morgan fingerprint density at radius 1 is 0.719 bits per heavy atom. The third-order valence-electron chi connectivity index (χ3n) is 5.90. The van der Waals surface area contributed by atoms with Crippen LogP contribution < -0.4 is 4.74 Å². The number of carbonyl (C=O) groups excluding carboxylic acids is 1.